The number of hydrogen-bond donors (Lipinski definition) is 0. The van der Waals surface area contributed by atoms with Crippen molar-refractivity contribution in [2.75, 3.05) is 0 Å². The monoisotopic (exact) mass is 264 g/mol. The van der Waals surface area contributed by atoms with Crippen LogP contribution in [-0.4, -0.2) is 15.4 Å². The molecule has 0 N–H and O–H groups in total. The molecule has 2 aromatic rings. The Morgan fingerprint density at radius 3 is 2.50 bits per heavy atom. The largest absolute Gasteiger partial charge is 0.294 e. The molecule has 0 unspecified atom stereocenters. The van der Waals surface area contributed by atoms with E-state index < -0.39 is 0 Å². The van der Waals surface area contributed by atoms with Gasteiger partial charge in [-0.1, -0.05) is 45.4 Å². The van der Waals surface area contributed by atoms with Crippen molar-refractivity contribution >= 4 is 22.9 Å². The van der Waals surface area contributed by atoms with Gasteiger partial charge in [-0.05, 0) is 18.1 Å². The molecular formula is C14H17ClN2O. The predicted octanol–water partition coefficient (Wildman–Crippen LogP) is 3.95. The molecule has 3 nitrogen and oxygen atoms in total. The number of ketones is 1. The normalized spacial score (nSPS) is 11.7. The summed E-state index contributed by atoms with van der Waals surface area (Å²) in [4.78, 5) is 12.4. The first kappa shape index (κ1) is 13.1. The Balaban J connectivity index is 2.79. The van der Waals surface area contributed by atoms with E-state index in [-0.39, 0.29) is 17.6 Å². The van der Waals surface area contributed by atoms with Crippen molar-refractivity contribution in [1.82, 2.24) is 9.61 Å². The van der Waals surface area contributed by atoms with Crippen molar-refractivity contribution in [3.8, 4) is 0 Å². The summed E-state index contributed by atoms with van der Waals surface area (Å²) in [5.41, 5.74) is 2.33. The van der Waals surface area contributed by atoms with Crippen molar-refractivity contribution in [3.05, 3.63) is 34.6 Å². The smallest absolute Gasteiger partial charge is 0.169 e. The van der Waals surface area contributed by atoms with Gasteiger partial charge in [0.25, 0.3) is 0 Å². The molecular weight excluding hydrogens is 248 g/mol. The first-order valence-electron chi connectivity index (χ1n) is 6.14. The Labute approximate surface area is 112 Å². The maximum atomic E-state index is 12.4. The van der Waals surface area contributed by atoms with Crippen molar-refractivity contribution in [1.29, 1.82) is 0 Å². The summed E-state index contributed by atoms with van der Waals surface area (Å²) < 4.78 is 1.65. The first-order chi connectivity index (χ1) is 8.43. The van der Waals surface area contributed by atoms with Gasteiger partial charge in [-0.25, -0.2) is 4.52 Å². The number of nitrogens with zero attached hydrogens (tertiary/aromatic N) is 2. The number of halogens is 1. The summed E-state index contributed by atoms with van der Waals surface area (Å²) in [6.45, 7) is 7.88. The summed E-state index contributed by atoms with van der Waals surface area (Å²) in [5.74, 6) is 0.268. The van der Waals surface area contributed by atoms with Gasteiger partial charge in [0.1, 0.15) is 5.15 Å². The average molecular weight is 265 g/mol. The number of pyridine rings is 1. The zero-order valence-electron chi connectivity index (χ0n) is 11.1. The highest BCUT2D eigenvalue weighted by Gasteiger charge is 2.23. The predicted molar refractivity (Wildman–Crippen MR) is 73.5 cm³/mol. The van der Waals surface area contributed by atoms with Gasteiger partial charge < -0.3 is 0 Å². The minimum Gasteiger partial charge on any atom is -0.294 e. The lowest BCUT2D eigenvalue weighted by Gasteiger charge is -2.07. The maximum Gasteiger partial charge on any atom is 0.169 e. The third-order valence-corrected chi connectivity index (χ3v) is 3.24. The van der Waals surface area contributed by atoms with Crippen molar-refractivity contribution in [2.45, 2.75) is 33.6 Å². The standard InChI is InChI=1S/C14H17ClN2O/c1-8(2)13-12(14(18)9(3)4)10-6-5-7-11(15)17(10)16-13/h5-9H,1-4H3. The van der Waals surface area contributed by atoms with Crippen LogP contribution in [0.25, 0.3) is 5.52 Å². The Bertz CT molecular complexity index is 599. The molecule has 2 rings (SSSR count). The highest BCUT2D eigenvalue weighted by molar-refractivity contribution is 6.29. The summed E-state index contributed by atoms with van der Waals surface area (Å²) in [7, 11) is 0. The number of Topliss-reactive ketones (excluding diaryl/α,β-unsaturated/α-hetero) is 1. The highest BCUT2D eigenvalue weighted by Crippen LogP contribution is 2.27. The van der Waals surface area contributed by atoms with Crippen LogP contribution >= 0.6 is 11.6 Å². The lowest BCUT2D eigenvalue weighted by atomic mass is 9.95. The van der Waals surface area contributed by atoms with Crippen LogP contribution < -0.4 is 0 Å². The van der Waals surface area contributed by atoms with E-state index in [4.69, 9.17) is 11.6 Å². The van der Waals surface area contributed by atoms with Gasteiger partial charge in [-0.15, -0.1) is 0 Å². The molecule has 0 saturated carbocycles. The van der Waals surface area contributed by atoms with E-state index in [1.807, 2.05) is 39.8 Å². The molecule has 0 amide bonds. The molecule has 4 heteroatoms. The third-order valence-electron chi connectivity index (χ3n) is 2.96. The molecule has 0 radical (unpaired) electrons. The molecule has 0 aliphatic rings. The van der Waals surface area contributed by atoms with Gasteiger partial charge in [-0.2, -0.15) is 5.10 Å². The van der Waals surface area contributed by atoms with Crippen LogP contribution in [0.5, 0.6) is 0 Å². The fourth-order valence-corrected chi connectivity index (χ4v) is 2.20. The van der Waals surface area contributed by atoms with Gasteiger partial charge in [-0.3, -0.25) is 4.79 Å². The highest BCUT2D eigenvalue weighted by atomic mass is 35.5. The molecule has 96 valence electrons. The summed E-state index contributed by atoms with van der Waals surface area (Å²) in [6, 6.07) is 5.51. The average Bonchev–Trinajstić information content (AvgIpc) is 2.68. The lowest BCUT2D eigenvalue weighted by molar-refractivity contribution is 0.0939. The van der Waals surface area contributed by atoms with Crippen LogP contribution in [0.15, 0.2) is 18.2 Å². The molecule has 0 aromatic carbocycles. The second-order valence-electron chi connectivity index (χ2n) is 5.08. The van der Waals surface area contributed by atoms with E-state index in [0.717, 1.165) is 11.2 Å². The van der Waals surface area contributed by atoms with E-state index in [0.29, 0.717) is 10.7 Å². The SMILES string of the molecule is CC(C)C(=O)c1c(C(C)C)nn2c(Cl)cccc12. The molecule has 0 saturated heterocycles. The van der Waals surface area contributed by atoms with Crippen molar-refractivity contribution in [2.24, 2.45) is 5.92 Å². The van der Waals surface area contributed by atoms with Gasteiger partial charge in [0.15, 0.2) is 5.78 Å². The van der Waals surface area contributed by atoms with Crippen LogP contribution in [0.1, 0.15) is 49.7 Å². The summed E-state index contributed by atoms with van der Waals surface area (Å²) >= 11 is 6.12. The number of fused-ring (bicyclic) bond motifs is 1. The van der Waals surface area contributed by atoms with E-state index >= 15 is 0 Å². The molecule has 18 heavy (non-hydrogen) atoms. The van der Waals surface area contributed by atoms with E-state index in [2.05, 4.69) is 5.10 Å². The lowest BCUT2D eigenvalue weighted by Crippen LogP contribution is -2.10. The van der Waals surface area contributed by atoms with Gasteiger partial charge in [0.05, 0.1) is 16.8 Å². The minimum atomic E-state index is -0.0468. The van der Waals surface area contributed by atoms with E-state index in [9.17, 15) is 4.79 Å². The quantitative estimate of drug-likeness (QED) is 0.621. The molecule has 2 heterocycles. The molecule has 0 aliphatic carbocycles. The van der Waals surface area contributed by atoms with Crippen molar-refractivity contribution < 1.29 is 4.79 Å². The molecule has 0 bridgehead atoms. The van der Waals surface area contributed by atoms with E-state index in [1.54, 1.807) is 10.6 Å². The molecule has 0 aliphatic heterocycles. The topological polar surface area (TPSA) is 34.4 Å². The first-order valence-corrected chi connectivity index (χ1v) is 6.52. The van der Waals surface area contributed by atoms with Crippen LogP contribution in [0.2, 0.25) is 5.15 Å². The second kappa shape index (κ2) is 4.73. The van der Waals surface area contributed by atoms with Crippen LogP contribution in [-0.2, 0) is 0 Å². The number of hydrogen-bond acceptors (Lipinski definition) is 2. The summed E-state index contributed by atoms with van der Waals surface area (Å²) in [5, 5.41) is 5.00. The Morgan fingerprint density at radius 2 is 1.94 bits per heavy atom. The van der Waals surface area contributed by atoms with Crippen LogP contribution in [0.3, 0.4) is 0 Å². The molecule has 0 fully saturated rings. The zero-order valence-corrected chi connectivity index (χ0v) is 11.8. The molecule has 0 spiro atoms. The van der Waals surface area contributed by atoms with Gasteiger partial charge >= 0.3 is 0 Å². The number of carbonyl (C=O) groups is 1. The number of rotatable bonds is 3. The Morgan fingerprint density at radius 1 is 1.28 bits per heavy atom. The fourth-order valence-electron chi connectivity index (χ4n) is 2.00. The molecule has 2 aromatic heterocycles. The minimum absolute atomic E-state index is 0.0468. The van der Waals surface area contributed by atoms with E-state index in [1.165, 1.54) is 0 Å². The van der Waals surface area contributed by atoms with Crippen LogP contribution in [0.4, 0.5) is 0 Å². The number of carbonyl (C=O) groups excluding carboxylic acids is 1. The fraction of sp³-hybridized carbons (Fsp3) is 0.429. The second-order valence-corrected chi connectivity index (χ2v) is 5.47. The maximum absolute atomic E-state index is 12.4. The van der Waals surface area contributed by atoms with Gasteiger partial charge in [0.2, 0.25) is 0 Å². The van der Waals surface area contributed by atoms with Crippen molar-refractivity contribution in [3.63, 3.8) is 0 Å². The Kier molecular flexibility index (Phi) is 3.44. The number of aromatic nitrogens is 2. The summed E-state index contributed by atoms with van der Waals surface area (Å²) in [6.07, 6.45) is 0. The molecule has 0 atom stereocenters. The van der Waals surface area contributed by atoms with Gasteiger partial charge in [0, 0.05) is 5.92 Å². The zero-order chi connectivity index (χ0) is 13.4. The van der Waals surface area contributed by atoms with Crippen LogP contribution in [0, 0.1) is 5.92 Å². The third kappa shape index (κ3) is 2.03. The Hall–Kier alpha value is -1.35.